The Labute approximate surface area is 111 Å². The summed E-state index contributed by atoms with van der Waals surface area (Å²) in [5.41, 5.74) is 1.26. The van der Waals surface area contributed by atoms with Gasteiger partial charge in [-0.15, -0.1) is 0 Å². The number of hydrogen-bond acceptors (Lipinski definition) is 2. The van der Waals surface area contributed by atoms with Crippen LogP contribution in [0, 0.1) is 0 Å². The van der Waals surface area contributed by atoms with Crippen molar-refractivity contribution in [1.29, 1.82) is 0 Å². The van der Waals surface area contributed by atoms with Crippen molar-refractivity contribution >= 4 is 35.4 Å². The number of benzene rings is 1. The van der Waals surface area contributed by atoms with Gasteiger partial charge >= 0.3 is 112 Å². The van der Waals surface area contributed by atoms with Gasteiger partial charge in [0.05, 0.1) is 0 Å². The number of nitrogens with zero attached hydrogens (tertiary/aromatic N) is 1. The summed E-state index contributed by atoms with van der Waals surface area (Å²) in [6.07, 6.45) is 4.82. The van der Waals surface area contributed by atoms with Gasteiger partial charge in [-0.25, -0.2) is 0 Å². The van der Waals surface area contributed by atoms with Gasteiger partial charge in [-0.3, -0.25) is 0 Å². The predicted octanol–water partition coefficient (Wildman–Crippen LogP) is 3.36. The van der Waals surface area contributed by atoms with E-state index in [1.165, 1.54) is 27.8 Å². The Hall–Kier alpha value is -0.351. The molecule has 0 aliphatic carbocycles. The molecule has 1 heterocycles. The third-order valence-electron chi connectivity index (χ3n) is 2.36. The average molecular weight is 336 g/mol. The molecule has 0 unspecified atom stereocenters. The van der Waals surface area contributed by atoms with Crippen LogP contribution >= 0.6 is 11.3 Å². The Kier molecular flexibility index (Phi) is 4.85. The molecule has 0 spiro atoms. The van der Waals surface area contributed by atoms with Gasteiger partial charge in [0.1, 0.15) is 0 Å². The number of aromatic nitrogens is 1. The van der Waals surface area contributed by atoms with E-state index in [0.717, 1.165) is 0 Å². The van der Waals surface area contributed by atoms with Gasteiger partial charge in [-0.05, 0) is 0 Å². The maximum atomic E-state index is 4.53. The Morgan fingerprint density at radius 2 is 2.06 bits per heavy atom. The molecule has 0 aliphatic rings. The Bertz CT molecular complexity index is 425. The van der Waals surface area contributed by atoms with Crippen LogP contribution in [-0.4, -0.2) is 26.1 Å². The van der Waals surface area contributed by atoms with Gasteiger partial charge in [0.25, 0.3) is 0 Å². The number of hydrogen-bond donors (Lipinski definition) is 0. The van der Waals surface area contributed by atoms with Crippen LogP contribution in [0.25, 0.3) is 10.6 Å². The molecule has 0 atom stereocenters. The third kappa shape index (κ3) is 3.32. The van der Waals surface area contributed by atoms with Crippen molar-refractivity contribution in [3.63, 3.8) is 0 Å². The summed E-state index contributed by atoms with van der Waals surface area (Å²) >= 11 is 1.58. The van der Waals surface area contributed by atoms with E-state index in [2.05, 4.69) is 48.4 Å². The molecule has 1 nitrogen and oxygen atoms in total. The molecule has 0 N–H and O–H groups in total. The van der Waals surface area contributed by atoms with Crippen LogP contribution < -0.4 is 2.89 Å². The van der Waals surface area contributed by atoms with Crippen molar-refractivity contribution in [2.45, 2.75) is 24.2 Å². The molecule has 0 fully saturated rings. The van der Waals surface area contributed by atoms with Crippen LogP contribution in [0.5, 0.6) is 0 Å². The summed E-state index contributed by atoms with van der Waals surface area (Å²) in [5.74, 6) is 0. The van der Waals surface area contributed by atoms with Crippen molar-refractivity contribution in [3.05, 3.63) is 36.5 Å². The first-order chi connectivity index (χ1) is 7.90. The quantitative estimate of drug-likeness (QED) is 0.603. The fraction of sp³-hybridized carbons (Fsp3) is 0.308. The summed E-state index contributed by atoms with van der Waals surface area (Å²) in [6, 6.07) is 10.5. The van der Waals surface area contributed by atoms with Crippen molar-refractivity contribution in [2.24, 2.45) is 0 Å². The molecule has 2 rings (SSSR count). The van der Waals surface area contributed by atoms with E-state index in [4.69, 9.17) is 0 Å². The summed E-state index contributed by atoms with van der Waals surface area (Å²) in [5, 5.41) is 1.19. The average Bonchev–Trinajstić information content (AvgIpc) is 2.79. The van der Waals surface area contributed by atoms with E-state index < -0.39 is 0 Å². The predicted molar refractivity (Wildman–Crippen MR) is 72.7 cm³/mol. The molecule has 0 saturated carbocycles. The van der Waals surface area contributed by atoms with E-state index in [-0.39, 0.29) is 21.1 Å². The van der Waals surface area contributed by atoms with Crippen molar-refractivity contribution in [2.75, 3.05) is 0 Å². The standard InChI is InChI=1S/C9H6NS.C4H9.Sn/c1-2-4-8(5-3-1)9-10-6-7-11-9;1-3-4-2;/h1-6H;1,3-4H2,2H3;. The normalized spacial score (nSPS) is 10.6. The second-order valence-corrected chi connectivity index (χ2v) is 9.71. The van der Waals surface area contributed by atoms with Gasteiger partial charge < -0.3 is 0 Å². The monoisotopic (exact) mass is 337 g/mol. The molecule has 0 aliphatic heterocycles. The first-order valence-electron chi connectivity index (χ1n) is 5.65. The van der Waals surface area contributed by atoms with Gasteiger partial charge in [0.15, 0.2) is 0 Å². The third-order valence-corrected chi connectivity index (χ3v) is 8.14. The van der Waals surface area contributed by atoms with Crippen molar-refractivity contribution < 1.29 is 0 Å². The van der Waals surface area contributed by atoms with Crippen LogP contribution in [0.15, 0.2) is 36.5 Å². The molecule has 2 radical (unpaired) electrons. The first-order valence-corrected chi connectivity index (χ1v) is 9.91. The van der Waals surface area contributed by atoms with Crippen molar-refractivity contribution in [3.8, 4) is 10.6 Å². The van der Waals surface area contributed by atoms with Crippen LogP contribution in [0.2, 0.25) is 4.44 Å². The number of thiazole rings is 1. The molecule has 2 aromatic rings. The minimum atomic E-state index is -0.326. The Morgan fingerprint density at radius 3 is 2.81 bits per heavy atom. The van der Waals surface area contributed by atoms with Crippen LogP contribution in [0.4, 0.5) is 0 Å². The molecular formula is C13H15NSSn. The van der Waals surface area contributed by atoms with Crippen LogP contribution in [0.1, 0.15) is 19.8 Å². The Morgan fingerprint density at radius 1 is 1.25 bits per heavy atom. The Balaban J connectivity index is 2.02. The van der Waals surface area contributed by atoms with Gasteiger partial charge in [0.2, 0.25) is 0 Å². The van der Waals surface area contributed by atoms with E-state index in [0.29, 0.717) is 0 Å². The fourth-order valence-electron chi connectivity index (χ4n) is 1.46. The number of unbranched alkanes of at least 4 members (excludes halogenated alkanes) is 1. The summed E-state index contributed by atoms with van der Waals surface area (Å²) in [6.45, 7) is 2.27. The first kappa shape index (κ1) is 12.1. The zero-order valence-corrected chi connectivity index (χ0v) is 13.1. The molecule has 1 aromatic heterocycles. The number of rotatable bonds is 5. The summed E-state index contributed by atoms with van der Waals surface area (Å²) < 4.78 is 3.03. The van der Waals surface area contributed by atoms with Gasteiger partial charge in [0, 0.05) is 0 Å². The van der Waals surface area contributed by atoms with Gasteiger partial charge in [-0.2, -0.15) is 0 Å². The van der Waals surface area contributed by atoms with E-state index >= 15 is 0 Å². The van der Waals surface area contributed by atoms with E-state index in [9.17, 15) is 0 Å². The summed E-state index contributed by atoms with van der Waals surface area (Å²) in [7, 11) is 0. The van der Waals surface area contributed by atoms with Gasteiger partial charge in [-0.1, -0.05) is 0 Å². The molecular weight excluding hydrogens is 321 g/mol. The molecule has 82 valence electrons. The molecule has 0 saturated heterocycles. The van der Waals surface area contributed by atoms with Crippen LogP contribution in [-0.2, 0) is 0 Å². The SMILES string of the molecule is CCC[CH2][Sn][c]1cnc(-c2ccccc2)s1. The topological polar surface area (TPSA) is 12.9 Å². The van der Waals surface area contributed by atoms with E-state index in [1.807, 2.05) is 11.3 Å². The maximum absolute atomic E-state index is 4.53. The minimum absolute atomic E-state index is 0.326. The molecule has 1 aromatic carbocycles. The van der Waals surface area contributed by atoms with Crippen molar-refractivity contribution in [1.82, 2.24) is 4.98 Å². The molecule has 0 bridgehead atoms. The second-order valence-electron chi connectivity index (χ2n) is 3.68. The second kappa shape index (κ2) is 6.40. The summed E-state index contributed by atoms with van der Waals surface area (Å²) in [4.78, 5) is 4.53. The zero-order valence-electron chi connectivity index (χ0n) is 9.44. The zero-order chi connectivity index (χ0) is 11.2. The van der Waals surface area contributed by atoms with E-state index in [1.54, 1.807) is 2.89 Å². The molecule has 0 amide bonds. The molecule has 3 heteroatoms. The molecule has 16 heavy (non-hydrogen) atoms. The van der Waals surface area contributed by atoms with Crippen LogP contribution in [0.3, 0.4) is 0 Å². The fourth-order valence-corrected chi connectivity index (χ4v) is 7.00.